The van der Waals surface area contributed by atoms with Gasteiger partial charge in [0.1, 0.15) is 5.82 Å². The molecule has 6 aromatic carbocycles. The molecule has 0 fully saturated rings. The summed E-state index contributed by atoms with van der Waals surface area (Å²) in [6, 6.07) is 51.7. The smallest absolute Gasteiger partial charge is 0.140 e. The van der Waals surface area contributed by atoms with E-state index in [2.05, 4.69) is 155 Å². The van der Waals surface area contributed by atoms with Crippen LogP contribution in [0.15, 0.2) is 152 Å². The third-order valence-electron chi connectivity index (χ3n) is 8.95. The van der Waals surface area contributed by atoms with Crippen LogP contribution in [0.25, 0.3) is 83.1 Å². The van der Waals surface area contributed by atoms with Crippen molar-refractivity contribution in [2.75, 3.05) is 0 Å². The Morgan fingerprint density at radius 3 is 2.20 bits per heavy atom. The molecule has 0 bridgehead atoms. The van der Waals surface area contributed by atoms with Gasteiger partial charge in [-0.25, -0.2) is 4.98 Å². The standard InChI is InChI=1S/C41H28N4/c1-44-36-20-8-7-19-35(36)43-41(44)30-25-33(27-12-3-2-4-13-27)40-38(26-30)45(37-22-21-28-14-5-6-17-32(28)39(37)40)31-16-11-15-29(24-31)34-18-9-10-23-42-34/h2-26H,1H3. The first kappa shape index (κ1) is 25.5. The summed E-state index contributed by atoms with van der Waals surface area (Å²) in [5.74, 6) is 0.944. The number of hydrogen-bond acceptors (Lipinski definition) is 2. The van der Waals surface area contributed by atoms with Crippen LogP contribution in [-0.2, 0) is 7.05 Å². The van der Waals surface area contributed by atoms with Crippen molar-refractivity contribution in [3.05, 3.63) is 152 Å². The number of nitrogens with zero attached hydrogens (tertiary/aromatic N) is 4. The van der Waals surface area contributed by atoms with Crippen LogP contribution in [-0.4, -0.2) is 19.1 Å². The van der Waals surface area contributed by atoms with Crippen molar-refractivity contribution >= 4 is 43.6 Å². The number of fused-ring (bicyclic) bond motifs is 6. The highest BCUT2D eigenvalue weighted by molar-refractivity contribution is 6.25. The monoisotopic (exact) mass is 576 g/mol. The minimum atomic E-state index is 0.944. The molecule has 0 aliphatic rings. The topological polar surface area (TPSA) is 35.6 Å². The number of benzene rings is 6. The first-order chi connectivity index (χ1) is 22.2. The summed E-state index contributed by atoms with van der Waals surface area (Å²) in [6.07, 6.45) is 1.85. The van der Waals surface area contributed by atoms with E-state index in [1.54, 1.807) is 0 Å². The molecule has 0 radical (unpaired) electrons. The second kappa shape index (κ2) is 10.0. The van der Waals surface area contributed by atoms with Gasteiger partial charge >= 0.3 is 0 Å². The number of hydrogen-bond donors (Lipinski definition) is 0. The van der Waals surface area contributed by atoms with Gasteiger partial charge in [-0.05, 0) is 76.5 Å². The molecule has 4 heteroatoms. The van der Waals surface area contributed by atoms with Crippen molar-refractivity contribution < 1.29 is 0 Å². The molecule has 4 nitrogen and oxygen atoms in total. The summed E-state index contributed by atoms with van der Waals surface area (Å²) in [5, 5.41) is 4.96. The SMILES string of the molecule is Cn1c(-c2cc(-c3ccccc3)c3c4c5ccccc5ccc4n(-c4cccc(-c5ccccn5)c4)c3c2)nc2ccccc21. The normalized spacial score (nSPS) is 11.7. The average Bonchev–Trinajstić information content (AvgIpc) is 3.63. The van der Waals surface area contributed by atoms with Gasteiger partial charge in [0, 0.05) is 40.8 Å². The van der Waals surface area contributed by atoms with Gasteiger partial charge in [-0.1, -0.05) is 91.0 Å². The highest BCUT2D eigenvalue weighted by Gasteiger charge is 2.22. The Morgan fingerprint density at radius 2 is 1.33 bits per heavy atom. The number of aryl methyl sites for hydroxylation is 1. The molecular formula is C41H28N4. The summed E-state index contributed by atoms with van der Waals surface area (Å²) < 4.78 is 4.62. The van der Waals surface area contributed by atoms with E-state index in [-0.39, 0.29) is 0 Å². The third kappa shape index (κ3) is 4.00. The average molecular weight is 577 g/mol. The maximum absolute atomic E-state index is 5.13. The predicted octanol–water partition coefficient (Wildman–Crippen LogP) is 10.2. The molecule has 0 N–H and O–H groups in total. The van der Waals surface area contributed by atoms with Crippen molar-refractivity contribution in [3.63, 3.8) is 0 Å². The van der Waals surface area contributed by atoms with Crippen molar-refractivity contribution in [1.29, 1.82) is 0 Å². The van der Waals surface area contributed by atoms with E-state index in [9.17, 15) is 0 Å². The van der Waals surface area contributed by atoms with Crippen LogP contribution >= 0.6 is 0 Å². The molecule has 0 amide bonds. The van der Waals surface area contributed by atoms with Crippen LogP contribution in [0.4, 0.5) is 0 Å². The lowest BCUT2D eigenvalue weighted by atomic mass is 9.95. The Labute approximate surface area is 260 Å². The van der Waals surface area contributed by atoms with E-state index in [1.807, 2.05) is 18.3 Å². The number of imidazole rings is 1. The zero-order valence-corrected chi connectivity index (χ0v) is 24.7. The lowest BCUT2D eigenvalue weighted by molar-refractivity contribution is 0.959. The molecule has 0 atom stereocenters. The van der Waals surface area contributed by atoms with E-state index in [1.165, 1.54) is 38.2 Å². The van der Waals surface area contributed by atoms with E-state index in [4.69, 9.17) is 4.98 Å². The Morgan fingerprint density at radius 1 is 0.533 bits per heavy atom. The van der Waals surface area contributed by atoms with Crippen molar-refractivity contribution in [1.82, 2.24) is 19.1 Å². The molecule has 3 aromatic heterocycles. The molecule has 212 valence electrons. The van der Waals surface area contributed by atoms with Crippen LogP contribution in [0, 0.1) is 0 Å². The van der Waals surface area contributed by atoms with E-state index in [0.717, 1.165) is 44.9 Å². The Hall–Kier alpha value is -6.00. The fourth-order valence-electron chi connectivity index (χ4n) is 6.90. The van der Waals surface area contributed by atoms with Gasteiger partial charge in [-0.2, -0.15) is 0 Å². The lowest BCUT2D eigenvalue weighted by Crippen LogP contribution is -1.97. The summed E-state index contributed by atoms with van der Waals surface area (Å²) in [6.45, 7) is 0. The van der Waals surface area contributed by atoms with Gasteiger partial charge in [-0.15, -0.1) is 0 Å². The van der Waals surface area contributed by atoms with Crippen LogP contribution in [0.1, 0.15) is 0 Å². The van der Waals surface area contributed by atoms with Crippen molar-refractivity contribution in [2.24, 2.45) is 7.05 Å². The second-order valence-corrected chi connectivity index (χ2v) is 11.5. The van der Waals surface area contributed by atoms with Gasteiger partial charge in [0.25, 0.3) is 0 Å². The fourth-order valence-corrected chi connectivity index (χ4v) is 6.90. The molecule has 45 heavy (non-hydrogen) atoms. The molecule has 0 unspecified atom stereocenters. The third-order valence-corrected chi connectivity index (χ3v) is 8.95. The van der Waals surface area contributed by atoms with Gasteiger partial charge in [0.2, 0.25) is 0 Å². The number of para-hydroxylation sites is 2. The Bertz CT molecular complexity index is 2540. The first-order valence-electron chi connectivity index (χ1n) is 15.2. The molecule has 9 rings (SSSR count). The molecule has 0 aliphatic carbocycles. The molecule has 0 spiro atoms. The van der Waals surface area contributed by atoms with Gasteiger partial charge < -0.3 is 9.13 Å². The van der Waals surface area contributed by atoms with Gasteiger partial charge in [0.05, 0.1) is 27.8 Å². The highest BCUT2D eigenvalue weighted by atomic mass is 15.1. The molecular weight excluding hydrogens is 548 g/mol. The fraction of sp³-hybridized carbons (Fsp3) is 0.0244. The van der Waals surface area contributed by atoms with Crippen LogP contribution in [0.3, 0.4) is 0 Å². The first-order valence-corrected chi connectivity index (χ1v) is 15.2. The lowest BCUT2D eigenvalue weighted by Gasteiger charge is -2.13. The predicted molar refractivity (Wildman–Crippen MR) is 187 cm³/mol. The number of aromatic nitrogens is 4. The summed E-state index contributed by atoms with van der Waals surface area (Å²) in [5.41, 5.74) is 11.0. The maximum Gasteiger partial charge on any atom is 0.140 e. The van der Waals surface area contributed by atoms with E-state index >= 15 is 0 Å². The van der Waals surface area contributed by atoms with Gasteiger partial charge in [0.15, 0.2) is 0 Å². The van der Waals surface area contributed by atoms with E-state index < -0.39 is 0 Å². The number of rotatable bonds is 4. The second-order valence-electron chi connectivity index (χ2n) is 11.5. The summed E-state index contributed by atoms with van der Waals surface area (Å²) in [7, 11) is 2.11. The highest BCUT2D eigenvalue weighted by Crippen LogP contribution is 2.44. The van der Waals surface area contributed by atoms with Gasteiger partial charge in [-0.3, -0.25) is 4.98 Å². The summed E-state index contributed by atoms with van der Waals surface area (Å²) >= 11 is 0. The maximum atomic E-state index is 5.13. The zero-order valence-electron chi connectivity index (χ0n) is 24.7. The van der Waals surface area contributed by atoms with E-state index in [0.29, 0.717) is 0 Å². The summed E-state index contributed by atoms with van der Waals surface area (Å²) in [4.78, 5) is 9.78. The molecule has 9 aromatic rings. The van der Waals surface area contributed by atoms with Crippen molar-refractivity contribution in [2.45, 2.75) is 0 Å². The molecule has 0 saturated carbocycles. The number of pyridine rings is 1. The van der Waals surface area contributed by atoms with Crippen LogP contribution in [0.2, 0.25) is 0 Å². The quantitative estimate of drug-likeness (QED) is 0.209. The molecule has 3 heterocycles. The zero-order chi connectivity index (χ0) is 29.9. The van der Waals surface area contributed by atoms with Crippen LogP contribution < -0.4 is 0 Å². The van der Waals surface area contributed by atoms with Crippen molar-refractivity contribution in [3.8, 4) is 39.5 Å². The Balaban J connectivity index is 1.45. The van der Waals surface area contributed by atoms with Crippen LogP contribution in [0.5, 0.6) is 0 Å². The minimum absolute atomic E-state index is 0.944. The molecule has 0 saturated heterocycles. The Kier molecular flexibility index (Phi) is 5.69. The minimum Gasteiger partial charge on any atom is -0.327 e. The largest absolute Gasteiger partial charge is 0.327 e. The molecule has 0 aliphatic heterocycles.